The standard InChI is InChI=1S/C36H43FN8O11/c1-18(40-35(54)41-26(34(52)53)15-21-8-4-5-10-24(21)37)30(49)43-29(19(2)44(3)32(51)25(38)14-20-7-6-9-22(46)13-20)31(50)39-17-23-16-27(47)33(56-23)45-12-11-28(48)42-36(45)55/h4-13,17-19,25-27,29,33,46-47H,14-16,38H2,1-3H3,(H,39,50)(H,43,49)(H,52,53)(H2,40,41,54)(H,42,48,55)/b23-17-/t18-,19-,25-,26-,27+,29-,33+/m0/s1. The molecule has 0 radical (unpaired) electrons. The molecule has 19 nitrogen and oxygen atoms in total. The maximum atomic E-state index is 14.2. The van der Waals surface area contributed by atoms with Crippen LogP contribution in [0.2, 0.25) is 0 Å². The molecular weight excluding hydrogens is 739 g/mol. The van der Waals surface area contributed by atoms with Gasteiger partial charge in [0.05, 0.1) is 12.1 Å². The fraction of sp³-hybridized carbons (Fsp3) is 0.361. The van der Waals surface area contributed by atoms with Crippen molar-refractivity contribution in [2.75, 3.05) is 7.05 Å². The van der Waals surface area contributed by atoms with E-state index in [-0.39, 0.29) is 29.9 Å². The minimum atomic E-state index is -1.57. The smallest absolute Gasteiger partial charge is 0.331 e. The number of rotatable bonds is 15. The number of carboxylic acid groups (broad SMARTS) is 1. The minimum absolute atomic E-state index is 0.0133. The first-order valence-electron chi connectivity index (χ1n) is 17.2. The number of carboxylic acids is 1. The summed E-state index contributed by atoms with van der Waals surface area (Å²) in [6.45, 7) is 2.69. The van der Waals surface area contributed by atoms with Gasteiger partial charge in [0.15, 0.2) is 0 Å². The first kappa shape index (κ1) is 42.2. The number of carbonyl (C=O) groups is 5. The molecule has 0 spiro atoms. The number of nitrogens with zero attached hydrogens (tertiary/aromatic N) is 2. The summed E-state index contributed by atoms with van der Waals surface area (Å²) in [4.78, 5) is 92.1. The fourth-order valence-corrected chi connectivity index (χ4v) is 5.73. The predicted molar refractivity (Wildman–Crippen MR) is 195 cm³/mol. The van der Waals surface area contributed by atoms with E-state index < -0.39 is 95.8 Å². The van der Waals surface area contributed by atoms with Crippen LogP contribution in [-0.4, -0.2) is 103 Å². The summed E-state index contributed by atoms with van der Waals surface area (Å²) in [5.41, 5.74) is 5.27. The van der Waals surface area contributed by atoms with E-state index in [1.807, 2.05) is 4.98 Å². The molecule has 0 aliphatic carbocycles. The van der Waals surface area contributed by atoms with Gasteiger partial charge in [-0.1, -0.05) is 30.3 Å². The van der Waals surface area contributed by atoms with Gasteiger partial charge in [0.1, 0.15) is 41.6 Å². The van der Waals surface area contributed by atoms with Crippen molar-refractivity contribution in [3.63, 3.8) is 0 Å². The van der Waals surface area contributed by atoms with Crippen LogP contribution in [0.1, 0.15) is 37.6 Å². The van der Waals surface area contributed by atoms with Gasteiger partial charge in [-0.3, -0.25) is 28.7 Å². The van der Waals surface area contributed by atoms with Crippen LogP contribution < -0.4 is 38.2 Å². The number of nitrogens with one attached hydrogen (secondary N) is 5. The zero-order valence-electron chi connectivity index (χ0n) is 30.5. The number of halogens is 1. The van der Waals surface area contributed by atoms with Crippen LogP contribution in [-0.2, 0) is 36.8 Å². The highest BCUT2D eigenvalue weighted by atomic mass is 19.1. The molecule has 0 saturated carbocycles. The summed E-state index contributed by atoms with van der Waals surface area (Å²) in [6.07, 6.45) is -0.860. The number of aliphatic hydroxyl groups excluding tert-OH is 1. The number of aromatic hydroxyl groups is 1. The Morgan fingerprint density at radius 2 is 1.75 bits per heavy atom. The molecule has 10 N–H and O–H groups in total. The Labute approximate surface area is 318 Å². The van der Waals surface area contributed by atoms with Crippen molar-refractivity contribution in [3.8, 4) is 5.75 Å². The highest BCUT2D eigenvalue weighted by Crippen LogP contribution is 2.29. The number of hydrogen-bond acceptors (Lipinski definition) is 11. The second-order valence-electron chi connectivity index (χ2n) is 13.1. The van der Waals surface area contributed by atoms with Crippen LogP contribution >= 0.6 is 0 Å². The number of aromatic amines is 1. The van der Waals surface area contributed by atoms with Crippen LogP contribution in [0.4, 0.5) is 9.18 Å². The Bertz CT molecular complexity index is 2090. The van der Waals surface area contributed by atoms with Crippen LogP contribution in [0, 0.1) is 5.82 Å². The number of aliphatic hydroxyl groups is 1. The maximum Gasteiger partial charge on any atom is 0.331 e. The van der Waals surface area contributed by atoms with Gasteiger partial charge in [0.25, 0.3) is 5.56 Å². The van der Waals surface area contributed by atoms with Crippen molar-refractivity contribution in [3.05, 3.63) is 111 Å². The molecule has 1 saturated heterocycles. The molecule has 1 aliphatic heterocycles. The normalized spacial score (nSPS) is 18.4. The van der Waals surface area contributed by atoms with Crippen molar-refractivity contribution in [1.82, 2.24) is 35.7 Å². The van der Waals surface area contributed by atoms with Crippen molar-refractivity contribution in [1.29, 1.82) is 0 Å². The molecule has 7 atom stereocenters. The number of urea groups is 1. The first-order valence-corrected chi connectivity index (χ1v) is 17.2. The van der Waals surface area contributed by atoms with E-state index in [9.17, 15) is 53.3 Å². The lowest BCUT2D eigenvalue weighted by Crippen LogP contribution is -2.61. The zero-order valence-corrected chi connectivity index (χ0v) is 30.5. The van der Waals surface area contributed by atoms with Gasteiger partial charge in [-0.2, -0.15) is 0 Å². The first-order chi connectivity index (χ1) is 26.4. The van der Waals surface area contributed by atoms with Crippen molar-refractivity contribution in [2.24, 2.45) is 5.73 Å². The van der Waals surface area contributed by atoms with Crippen molar-refractivity contribution >= 4 is 29.7 Å². The van der Waals surface area contributed by atoms with Gasteiger partial charge in [-0.15, -0.1) is 0 Å². The van der Waals surface area contributed by atoms with Gasteiger partial charge in [-0.25, -0.2) is 18.8 Å². The summed E-state index contributed by atoms with van der Waals surface area (Å²) in [6, 6.07) is 4.74. The van der Waals surface area contributed by atoms with Gasteiger partial charge in [-0.05, 0) is 49.6 Å². The molecule has 3 aromatic rings. The topological polar surface area (TPSA) is 288 Å². The van der Waals surface area contributed by atoms with Gasteiger partial charge >= 0.3 is 17.7 Å². The molecule has 20 heteroatoms. The Kier molecular flexibility index (Phi) is 14.1. The molecule has 2 heterocycles. The zero-order chi connectivity index (χ0) is 41.3. The molecule has 56 heavy (non-hydrogen) atoms. The molecule has 0 bridgehead atoms. The number of aliphatic carboxylic acids is 1. The summed E-state index contributed by atoms with van der Waals surface area (Å²) >= 11 is 0. The lowest BCUT2D eigenvalue weighted by Gasteiger charge is -2.33. The number of phenols is 1. The second-order valence-corrected chi connectivity index (χ2v) is 13.1. The van der Waals surface area contributed by atoms with Gasteiger partial charge in [0, 0.05) is 38.4 Å². The van der Waals surface area contributed by atoms with Crippen LogP contribution in [0.5, 0.6) is 5.75 Å². The average molecular weight is 783 g/mol. The summed E-state index contributed by atoms with van der Waals surface area (Å²) < 4.78 is 20.8. The number of amides is 5. The van der Waals surface area contributed by atoms with Gasteiger partial charge < -0.3 is 52.0 Å². The number of phenolic OH excluding ortho intramolecular Hbond substituents is 1. The summed E-state index contributed by atoms with van der Waals surface area (Å²) in [5, 5.41) is 39.4. The molecule has 0 unspecified atom stereocenters. The SMILES string of the molecule is C[C@H](NC(=O)N[C@@H](Cc1ccccc1F)C(=O)O)C(=O)N[C@H](C(=O)N/C=C1/C[C@@H](O)[C@H](n2ccc(=O)[nH]c2=O)O1)[C@H](C)N(C)C(=O)[C@@H](N)Cc1cccc(O)c1. The number of ether oxygens (including phenoxy) is 1. The van der Waals surface area contributed by atoms with E-state index in [1.54, 1.807) is 12.1 Å². The highest BCUT2D eigenvalue weighted by Gasteiger charge is 2.36. The predicted octanol–water partition coefficient (Wildman–Crippen LogP) is -1.10. The van der Waals surface area contributed by atoms with Crippen molar-refractivity contribution < 1.29 is 48.4 Å². The number of likely N-dealkylation sites (N-methyl/N-ethyl adjacent to an activating group) is 1. The number of nitrogens with two attached hydrogens (primary N) is 1. The molecule has 5 amide bonds. The Balaban J connectivity index is 1.49. The molecule has 1 aromatic heterocycles. The third-order valence-corrected chi connectivity index (χ3v) is 8.94. The Morgan fingerprint density at radius 3 is 2.41 bits per heavy atom. The second kappa shape index (κ2) is 18.7. The Hall–Kier alpha value is -6.54. The van der Waals surface area contributed by atoms with Crippen LogP contribution in [0.25, 0.3) is 0 Å². The third kappa shape index (κ3) is 11.0. The summed E-state index contributed by atoms with van der Waals surface area (Å²) in [5.74, 6) is -4.63. The monoisotopic (exact) mass is 782 g/mol. The summed E-state index contributed by atoms with van der Waals surface area (Å²) in [7, 11) is 1.35. The molecule has 1 fully saturated rings. The maximum absolute atomic E-state index is 14.2. The molecular formula is C36H43FN8O11. The average Bonchev–Trinajstić information content (AvgIpc) is 3.51. The quantitative estimate of drug-likeness (QED) is 0.0889. The molecule has 300 valence electrons. The van der Waals surface area contributed by atoms with E-state index in [2.05, 4.69) is 21.3 Å². The largest absolute Gasteiger partial charge is 0.508 e. The van der Waals surface area contributed by atoms with E-state index in [4.69, 9.17) is 10.5 Å². The van der Waals surface area contributed by atoms with E-state index in [1.165, 1.54) is 51.2 Å². The number of aromatic nitrogens is 2. The van der Waals surface area contributed by atoms with E-state index in [0.29, 0.717) is 5.56 Å². The molecule has 1 aliphatic rings. The number of carbonyl (C=O) groups excluding carboxylic acids is 4. The molecule has 4 rings (SSSR count). The lowest BCUT2D eigenvalue weighted by atomic mass is 10.0. The Morgan fingerprint density at radius 1 is 1.04 bits per heavy atom. The van der Waals surface area contributed by atoms with Crippen LogP contribution in [0.15, 0.2) is 82.3 Å². The number of H-pyrrole nitrogens is 1. The lowest BCUT2D eigenvalue weighted by molar-refractivity contribution is -0.139. The fourth-order valence-electron chi connectivity index (χ4n) is 5.73. The number of benzene rings is 2. The van der Waals surface area contributed by atoms with Crippen LogP contribution in [0.3, 0.4) is 0 Å². The van der Waals surface area contributed by atoms with Crippen molar-refractivity contribution in [2.45, 2.75) is 75.7 Å². The van der Waals surface area contributed by atoms with E-state index in [0.717, 1.165) is 34.0 Å². The van der Waals surface area contributed by atoms with E-state index >= 15 is 0 Å². The molecule has 2 aromatic carbocycles. The van der Waals surface area contributed by atoms with Gasteiger partial charge in [0.2, 0.25) is 23.9 Å². The highest BCUT2D eigenvalue weighted by molar-refractivity contribution is 5.93. The minimum Gasteiger partial charge on any atom is -0.508 e. The third-order valence-electron chi connectivity index (χ3n) is 8.94. The number of hydrogen-bond donors (Lipinski definition) is 9.